The number of ether oxygens (including phenoxy) is 1. The summed E-state index contributed by atoms with van der Waals surface area (Å²) in [6, 6.07) is 10.4. The fraction of sp³-hybridized carbons (Fsp3) is 0.600. The molecule has 22 heavy (non-hydrogen) atoms. The maximum absolute atomic E-state index is 5.79. The molecule has 0 fully saturated rings. The molecule has 0 aliphatic heterocycles. The summed E-state index contributed by atoms with van der Waals surface area (Å²) in [4.78, 5) is 2.56. The van der Waals surface area contributed by atoms with Crippen LogP contribution in [0.4, 0.5) is 0 Å². The molecule has 0 heterocycles. The van der Waals surface area contributed by atoms with Gasteiger partial charge in [0.1, 0.15) is 0 Å². The van der Waals surface area contributed by atoms with Crippen molar-refractivity contribution in [2.24, 2.45) is 0 Å². The molecule has 0 amide bonds. The topological polar surface area (TPSA) is 12.5 Å². The van der Waals surface area contributed by atoms with Gasteiger partial charge in [0.15, 0.2) is 0 Å². The average molecular weight is 303 g/mol. The van der Waals surface area contributed by atoms with Crippen molar-refractivity contribution in [3.63, 3.8) is 0 Å². The van der Waals surface area contributed by atoms with Gasteiger partial charge < -0.3 is 4.74 Å². The van der Waals surface area contributed by atoms with Crippen molar-refractivity contribution >= 4 is 0 Å². The number of hydrogen-bond donors (Lipinski definition) is 0. The summed E-state index contributed by atoms with van der Waals surface area (Å²) in [5.41, 5.74) is 2.57. The second-order valence-corrected chi connectivity index (χ2v) is 6.04. The molecule has 0 unspecified atom stereocenters. The third-order valence-corrected chi connectivity index (χ3v) is 3.80. The van der Waals surface area contributed by atoms with Gasteiger partial charge in [-0.05, 0) is 38.4 Å². The first kappa shape index (κ1) is 18.9. The predicted molar refractivity (Wildman–Crippen MR) is 96.1 cm³/mol. The number of nitrogens with zero attached hydrogens (tertiary/aromatic N) is 1. The molecular weight excluding hydrogens is 270 g/mol. The highest BCUT2D eigenvalue weighted by Crippen LogP contribution is 2.04. The van der Waals surface area contributed by atoms with Crippen molar-refractivity contribution in [3.05, 3.63) is 47.5 Å². The minimum absolute atomic E-state index is 0.696. The monoisotopic (exact) mass is 303 g/mol. The van der Waals surface area contributed by atoms with Gasteiger partial charge in [0.05, 0.1) is 13.2 Å². The SMILES string of the molecule is CCCCN(CC=C(C)COCc1ccccc1)CCCC. The average Bonchev–Trinajstić information content (AvgIpc) is 2.55. The molecule has 0 spiro atoms. The van der Waals surface area contributed by atoms with E-state index in [0.29, 0.717) is 6.61 Å². The van der Waals surface area contributed by atoms with E-state index in [1.54, 1.807) is 0 Å². The van der Waals surface area contributed by atoms with E-state index >= 15 is 0 Å². The van der Waals surface area contributed by atoms with Crippen molar-refractivity contribution in [3.8, 4) is 0 Å². The lowest BCUT2D eigenvalue weighted by molar-refractivity contribution is 0.142. The Hall–Kier alpha value is -1.12. The molecule has 124 valence electrons. The zero-order valence-corrected chi connectivity index (χ0v) is 14.7. The van der Waals surface area contributed by atoms with Crippen LogP contribution < -0.4 is 0 Å². The zero-order valence-electron chi connectivity index (χ0n) is 14.7. The number of unbranched alkanes of at least 4 members (excludes halogenated alkanes) is 2. The Morgan fingerprint density at radius 3 is 2.27 bits per heavy atom. The largest absolute Gasteiger partial charge is 0.372 e. The Balaban J connectivity index is 2.28. The van der Waals surface area contributed by atoms with E-state index in [0.717, 1.165) is 13.2 Å². The highest BCUT2D eigenvalue weighted by molar-refractivity contribution is 5.13. The smallest absolute Gasteiger partial charge is 0.0721 e. The molecule has 2 nitrogen and oxygen atoms in total. The van der Waals surface area contributed by atoms with Crippen molar-refractivity contribution in [1.82, 2.24) is 4.90 Å². The van der Waals surface area contributed by atoms with Crippen LogP contribution in [0.5, 0.6) is 0 Å². The minimum Gasteiger partial charge on any atom is -0.372 e. The lowest BCUT2D eigenvalue weighted by Gasteiger charge is -2.20. The van der Waals surface area contributed by atoms with E-state index in [1.807, 2.05) is 6.07 Å². The van der Waals surface area contributed by atoms with Crippen LogP contribution in [0.15, 0.2) is 42.0 Å². The van der Waals surface area contributed by atoms with E-state index in [4.69, 9.17) is 4.74 Å². The quantitative estimate of drug-likeness (QED) is 0.501. The third-order valence-electron chi connectivity index (χ3n) is 3.80. The van der Waals surface area contributed by atoms with Gasteiger partial charge in [-0.15, -0.1) is 0 Å². The number of rotatable bonds is 12. The Kier molecular flexibility index (Phi) is 10.7. The molecule has 0 N–H and O–H groups in total. The standard InChI is InChI=1S/C20H33NO/c1-4-6-14-21(15-7-5-2)16-13-19(3)17-22-18-20-11-9-8-10-12-20/h8-13H,4-7,14-18H2,1-3H3. The van der Waals surface area contributed by atoms with Crippen LogP contribution in [0.1, 0.15) is 52.0 Å². The van der Waals surface area contributed by atoms with Gasteiger partial charge >= 0.3 is 0 Å². The second kappa shape index (κ2) is 12.4. The van der Waals surface area contributed by atoms with Crippen molar-refractivity contribution in [2.45, 2.75) is 53.1 Å². The van der Waals surface area contributed by atoms with Crippen LogP contribution in [-0.4, -0.2) is 31.1 Å². The van der Waals surface area contributed by atoms with Crippen LogP contribution in [0.25, 0.3) is 0 Å². The van der Waals surface area contributed by atoms with E-state index in [-0.39, 0.29) is 0 Å². The molecule has 0 aromatic heterocycles. The van der Waals surface area contributed by atoms with Crippen LogP contribution in [0.3, 0.4) is 0 Å². The summed E-state index contributed by atoms with van der Waals surface area (Å²) in [6.45, 7) is 11.6. The van der Waals surface area contributed by atoms with Crippen molar-refractivity contribution < 1.29 is 4.74 Å². The third kappa shape index (κ3) is 9.01. The van der Waals surface area contributed by atoms with E-state index < -0.39 is 0 Å². The number of hydrogen-bond acceptors (Lipinski definition) is 2. The summed E-state index contributed by atoms with van der Waals surface area (Å²) < 4.78 is 5.79. The molecule has 2 heteroatoms. The maximum Gasteiger partial charge on any atom is 0.0721 e. The summed E-state index contributed by atoms with van der Waals surface area (Å²) in [5.74, 6) is 0. The van der Waals surface area contributed by atoms with Crippen LogP contribution in [0, 0.1) is 0 Å². The summed E-state index contributed by atoms with van der Waals surface area (Å²) in [6.07, 6.45) is 7.45. The van der Waals surface area contributed by atoms with E-state index in [1.165, 1.54) is 49.9 Å². The van der Waals surface area contributed by atoms with Gasteiger partial charge in [0, 0.05) is 6.54 Å². The summed E-state index contributed by atoms with van der Waals surface area (Å²) >= 11 is 0. The van der Waals surface area contributed by atoms with E-state index in [9.17, 15) is 0 Å². The van der Waals surface area contributed by atoms with Gasteiger partial charge in [0.2, 0.25) is 0 Å². The van der Waals surface area contributed by atoms with Gasteiger partial charge in [0.25, 0.3) is 0 Å². The lowest BCUT2D eigenvalue weighted by Crippen LogP contribution is -2.26. The Bertz CT molecular complexity index is 391. The zero-order chi connectivity index (χ0) is 16.0. The Morgan fingerprint density at radius 1 is 1.05 bits per heavy atom. The van der Waals surface area contributed by atoms with E-state index in [2.05, 4.69) is 56.0 Å². The minimum atomic E-state index is 0.696. The predicted octanol–water partition coefficient (Wildman–Crippen LogP) is 5.05. The lowest BCUT2D eigenvalue weighted by atomic mass is 10.2. The van der Waals surface area contributed by atoms with Crippen LogP contribution in [-0.2, 0) is 11.3 Å². The highest BCUT2D eigenvalue weighted by Gasteiger charge is 2.02. The van der Waals surface area contributed by atoms with Crippen LogP contribution in [0.2, 0.25) is 0 Å². The van der Waals surface area contributed by atoms with Crippen molar-refractivity contribution in [1.29, 1.82) is 0 Å². The number of benzene rings is 1. The molecule has 0 radical (unpaired) electrons. The Labute approximate surface area is 137 Å². The summed E-state index contributed by atoms with van der Waals surface area (Å²) in [5, 5.41) is 0. The van der Waals surface area contributed by atoms with Gasteiger partial charge in [-0.2, -0.15) is 0 Å². The molecular formula is C20H33NO. The first-order valence-corrected chi connectivity index (χ1v) is 8.75. The second-order valence-electron chi connectivity index (χ2n) is 6.04. The molecule has 1 aromatic rings. The molecule has 0 saturated carbocycles. The molecule has 0 saturated heterocycles. The fourth-order valence-corrected chi connectivity index (χ4v) is 2.31. The summed E-state index contributed by atoms with van der Waals surface area (Å²) in [7, 11) is 0. The van der Waals surface area contributed by atoms with Gasteiger partial charge in [-0.3, -0.25) is 4.90 Å². The maximum atomic E-state index is 5.79. The molecule has 0 aliphatic carbocycles. The first-order valence-electron chi connectivity index (χ1n) is 8.75. The highest BCUT2D eigenvalue weighted by atomic mass is 16.5. The van der Waals surface area contributed by atoms with Crippen molar-refractivity contribution in [2.75, 3.05) is 26.2 Å². The first-order chi connectivity index (χ1) is 10.8. The Morgan fingerprint density at radius 2 is 1.68 bits per heavy atom. The van der Waals surface area contributed by atoms with Crippen LogP contribution >= 0.6 is 0 Å². The normalized spacial score (nSPS) is 12.1. The molecule has 0 atom stereocenters. The molecule has 0 bridgehead atoms. The fourth-order valence-electron chi connectivity index (χ4n) is 2.31. The molecule has 1 aromatic carbocycles. The molecule has 1 rings (SSSR count). The molecule has 0 aliphatic rings. The van der Waals surface area contributed by atoms with Gasteiger partial charge in [-0.1, -0.05) is 68.7 Å². The van der Waals surface area contributed by atoms with Gasteiger partial charge in [-0.25, -0.2) is 0 Å².